The van der Waals surface area contributed by atoms with Gasteiger partial charge in [-0.3, -0.25) is 4.68 Å². The molecule has 96 valence electrons. The van der Waals surface area contributed by atoms with Gasteiger partial charge in [0.1, 0.15) is 5.82 Å². The molecular weight excluding hydrogens is 238 g/mol. The molecule has 19 heavy (non-hydrogen) atoms. The molecule has 0 bridgehead atoms. The van der Waals surface area contributed by atoms with Gasteiger partial charge in [-0.15, -0.1) is 0 Å². The van der Waals surface area contributed by atoms with Gasteiger partial charge in [-0.1, -0.05) is 18.2 Å². The Morgan fingerprint density at radius 2 is 1.84 bits per heavy atom. The minimum absolute atomic E-state index is 0.632. The summed E-state index contributed by atoms with van der Waals surface area (Å²) in [6.07, 6.45) is 1.76. The molecule has 0 aliphatic heterocycles. The summed E-state index contributed by atoms with van der Waals surface area (Å²) in [6, 6.07) is 11.8. The maximum absolute atomic E-state index is 6.26. The van der Waals surface area contributed by atoms with Gasteiger partial charge in [-0.2, -0.15) is 10.2 Å². The lowest BCUT2D eigenvalue weighted by Gasteiger charge is -2.05. The SMILES string of the molecule is Cc1nn(-c2ccccc2)c(N)c1-c1ccnn1C. The van der Waals surface area contributed by atoms with Crippen LogP contribution in [0.25, 0.3) is 16.9 Å². The van der Waals surface area contributed by atoms with Crippen molar-refractivity contribution in [2.75, 3.05) is 5.73 Å². The van der Waals surface area contributed by atoms with Gasteiger partial charge in [-0.25, -0.2) is 4.68 Å². The number of benzene rings is 1. The van der Waals surface area contributed by atoms with Crippen LogP contribution in [0.5, 0.6) is 0 Å². The predicted octanol–water partition coefficient (Wildman–Crippen LogP) is 2.16. The maximum atomic E-state index is 6.26. The first-order valence-electron chi connectivity index (χ1n) is 6.07. The Kier molecular flexibility index (Phi) is 2.59. The molecular formula is C14H15N5. The normalized spacial score (nSPS) is 10.8. The van der Waals surface area contributed by atoms with E-state index in [0.717, 1.165) is 22.6 Å². The standard InChI is InChI=1S/C14H15N5/c1-10-13(12-8-9-16-18(12)2)14(15)19(17-10)11-6-4-3-5-7-11/h3-9H,15H2,1-2H3. The van der Waals surface area contributed by atoms with Crippen molar-refractivity contribution in [3.63, 3.8) is 0 Å². The molecule has 0 amide bonds. The number of nitrogens with zero attached hydrogens (tertiary/aromatic N) is 4. The molecule has 2 N–H and O–H groups in total. The van der Waals surface area contributed by atoms with E-state index in [1.54, 1.807) is 15.6 Å². The molecule has 5 nitrogen and oxygen atoms in total. The van der Waals surface area contributed by atoms with Crippen molar-refractivity contribution in [1.29, 1.82) is 0 Å². The van der Waals surface area contributed by atoms with Crippen LogP contribution in [-0.4, -0.2) is 19.6 Å². The number of nitrogen functional groups attached to an aromatic ring is 1. The minimum atomic E-state index is 0.632. The summed E-state index contributed by atoms with van der Waals surface area (Å²) in [7, 11) is 1.90. The van der Waals surface area contributed by atoms with Crippen molar-refractivity contribution in [2.45, 2.75) is 6.92 Å². The molecule has 3 aromatic rings. The molecule has 0 saturated heterocycles. The van der Waals surface area contributed by atoms with E-state index in [0.29, 0.717) is 5.82 Å². The van der Waals surface area contributed by atoms with Crippen molar-refractivity contribution >= 4 is 5.82 Å². The third-order valence-corrected chi connectivity index (χ3v) is 3.17. The highest BCUT2D eigenvalue weighted by molar-refractivity contribution is 5.75. The summed E-state index contributed by atoms with van der Waals surface area (Å²) in [5, 5.41) is 8.71. The van der Waals surface area contributed by atoms with Crippen molar-refractivity contribution in [2.24, 2.45) is 7.05 Å². The zero-order valence-electron chi connectivity index (χ0n) is 10.9. The van der Waals surface area contributed by atoms with E-state index < -0.39 is 0 Å². The Labute approximate surface area is 111 Å². The maximum Gasteiger partial charge on any atom is 0.136 e. The summed E-state index contributed by atoms with van der Waals surface area (Å²) in [6.45, 7) is 1.96. The van der Waals surface area contributed by atoms with E-state index in [2.05, 4.69) is 10.2 Å². The second-order valence-corrected chi connectivity index (χ2v) is 4.43. The summed E-state index contributed by atoms with van der Waals surface area (Å²) in [4.78, 5) is 0. The number of aromatic nitrogens is 4. The lowest BCUT2D eigenvalue weighted by Crippen LogP contribution is -2.02. The lowest BCUT2D eigenvalue weighted by molar-refractivity contribution is 0.775. The monoisotopic (exact) mass is 253 g/mol. The van der Waals surface area contributed by atoms with Crippen LogP contribution in [0.3, 0.4) is 0 Å². The quantitative estimate of drug-likeness (QED) is 0.761. The van der Waals surface area contributed by atoms with E-state index in [9.17, 15) is 0 Å². The summed E-state index contributed by atoms with van der Waals surface area (Å²) in [5.41, 5.74) is 10.0. The van der Waals surface area contributed by atoms with Gasteiger partial charge in [0.25, 0.3) is 0 Å². The van der Waals surface area contributed by atoms with Gasteiger partial charge in [0.2, 0.25) is 0 Å². The van der Waals surface area contributed by atoms with Crippen LogP contribution in [0.1, 0.15) is 5.69 Å². The molecule has 5 heteroatoms. The zero-order valence-corrected chi connectivity index (χ0v) is 10.9. The molecule has 0 aliphatic carbocycles. The van der Waals surface area contributed by atoms with Gasteiger partial charge in [0.15, 0.2) is 0 Å². The van der Waals surface area contributed by atoms with Gasteiger partial charge in [-0.05, 0) is 25.1 Å². The molecule has 0 atom stereocenters. The predicted molar refractivity (Wildman–Crippen MR) is 74.9 cm³/mol. The number of para-hydroxylation sites is 1. The van der Waals surface area contributed by atoms with Crippen LogP contribution < -0.4 is 5.73 Å². The van der Waals surface area contributed by atoms with Crippen LogP contribution in [0.2, 0.25) is 0 Å². The average Bonchev–Trinajstić information content (AvgIpc) is 2.95. The number of hydrogen-bond acceptors (Lipinski definition) is 3. The second-order valence-electron chi connectivity index (χ2n) is 4.43. The first-order valence-corrected chi connectivity index (χ1v) is 6.07. The van der Waals surface area contributed by atoms with Crippen LogP contribution in [0.4, 0.5) is 5.82 Å². The van der Waals surface area contributed by atoms with Gasteiger partial charge >= 0.3 is 0 Å². The fourth-order valence-corrected chi connectivity index (χ4v) is 2.25. The van der Waals surface area contributed by atoms with Crippen molar-refractivity contribution in [3.05, 3.63) is 48.3 Å². The average molecular weight is 253 g/mol. The number of aryl methyl sites for hydroxylation is 2. The summed E-state index contributed by atoms with van der Waals surface area (Å²) >= 11 is 0. The summed E-state index contributed by atoms with van der Waals surface area (Å²) in [5.74, 6) is 0.632. The number of hydrogen-bond donors (Lipinski definition) is 1. The first-order chi connectivity index (χ1) is 9.18. The van der Waals surface area contributed by atoms with Crippen LogP contribution in [-0.2, 0) is 7.05 Å². The first kappa shape index (κ1) is 11.5. The van der Waals surface area contributed by atoms with E-state index in [1.807, 2.05) is 50.4 Å². The Morgan fingerprint density at radius 1 is 1.11 bits per heavy atom. The van der Waals surface area contributed by atoms with Gasteiger partial charge in [0.05, 0.1) is 22.6 Å². The van der Waals surface area contributed by atoms with E-state index in [1.165, 1.54) is 0 Å². The van der Waals surface area contributed by atoms with Crippen molar-refractivity contribution in [3.8, 4) is 16.9 Å². The smallest absolute Gasteiger partial charge is 0.136 e. The van der Waals surface area contributed by atoms with Crippen LogP contribution in [0.15, 0.2) is 42.6 Å². The zero-order chi connectivity index (χ0) is 13.4. The molecule has 0 fully saturated rings. The highest BCUT2D eigenvalue weighted by Crippen LogP contribution is 2.30. The minimum Gasteiger partial charge on any atom is -0.383 e. The largest absolute Gasteiger partial charge is 0.383 e. The highest BCUT2D eigenvalue weighted by Gasteiger charge is 2.17. The van der Waals surface area contributed by atoms with Crippen molar-refractivity contribution < 1.29 is 0 Å². The molecule has 2 aromatic heterocycles. The fourth-order valence-electron chi connectivity index (χ4n) is 2.25. The molecule has 0 radical (unpaired) electrons. The molecule has 2 heterocycles. The van der Waals surface area contributed by atoms with Crippen molar-refractivity contribution in [1.82, 2.24) is 19.6 Å². The molecule has 3 rings (SSSR count). The topological polar surface area (TPSA) is 61.7 Å². The Balaban J connectivity index is 2.20. The van der Waals surface area contributed by atoms with Crippen LogP contribution in [0, 0.1) is 6.92 Å². The van der Waals surface area contributed by atoms with Gasteiger partial charge < -0.3 is 5.73 Å². The third-order valence-electron chi connectivity index (χ3n) is 3.17. The van der Waals surface area contributed by atoms with Gasteiger partial charge in [0, 0.05) is 13.2 Å². The molecule has 0 saturated carbocycles. The number of nitrogens with two attached hydrogens (primary N) is 1. The molecule has 0 aliphatic rings. The Hall–Kier alpha value is -2.56. The second kappa shape index (κ2) is 4.28. The highest BCUT2D eigenvalue weighted by atomic mass is 15.3. The third kappa shape index (κ3) is 1.79. The molecule has 1 aromatic carbocycles. The Morgan fingerprint density at radius 3 is 2.47 bits per heavy atom. The molecule has 0 spiro atoms. The van der Waals surface area contributed by atoms with E-state index in [4.69, 9.17) is 5.73 Å². The lowest BCUT2D eigenvalue weighted by atomic mass is 10.2. The number of anilines is 1. The van der Waals surface area contributed by atoms with Crippen LogP contribution >= 0.6 is 0 Å². The number of rotatable bonds is 2. The van der Waals surface area contributed by atoms with E-state index >= 15 is 0 Å². The molecule has 0 unspecified atom stereocenters. The Bertz CT molecular complexity index is 709. The van der Waals surface area contributed by atoms with E-state index in [-0.39, 0.29) is 0 Å². The fraction of sp³-hybridized carbons (Fsp3) is 0.143. The summed E-state index contributed by atoms with van der Waals surface area (Å²) < 4.78 is 3.56.